The Morgan fingerprint density at radius 3 is 3.00 bits per heavy atom. The van der Waals surface area contributed by atoms with E-state index in [0.717, 1.165) is 48.1 Å². The first kappa shape index (κ1) is 17.2. The maximum absolute atomic E-state index is 12.1. The summed E-state index contributed by atoms with van der Waals surface area (Å²) in [5, 5.41) is 21.9. The normalized spacial score (nSPS) is 17.2. The number of piperidine rings is 1. The van der Waals surface area contributed by atoms with Crippen LogP contribution in [0.25, 0.3) is 21.9 Å². The summed E-state index contributed by atoms with van der Waals surface area (Å²) in [5.74, 6) is 0.924. The second kappa shape index (κ2) is 6.85. The minimum atomic E-state index is -0.235. The lowest BCUT2D eigenvalue weighted by Crippen LogP contribution is -2.40. The fourth-order valence-electron chi connectivity index (χ4n) is 3.84. The largest absolute Gasteiger partial charge is 0.340 e. The zero-order valence-electron chi connectivity index (χ0n) is 15.1. The molecule has 0 radical (unpaired) electrons. The summed E-state index contributed by atoms with van der Waals surface area (Å²) in [7, 11) is 1.89. The van der Waals surface area contributed by atoms with E-state index in [1.54, 1.807) is 6.07 Å². The molecule has 0 bridgehead atoms. The van der Waals surface area contributed by atoms with Crippen molar-refractivity contribution in [2.75, 3.05) is 11.4 Å². The number of H-pyrrole nitrogens is 1. The van der Waals surface area contributed by atoms with E-state index in [1.165, 1.54) is 0 Å². The minimum absolute atomic E-state index is 0.155. The Kier molecular flexibility index (Phi) is 4.38. The molecule has 8 nitrogen and oxygen atoms in total. The average molecular weight is 363 g/mol. The van der Waals surface area contributed by atoms with Gasteiger partial charge < -0.3 is 10.6 Å². The first-order valence-corrected chi connectivity index (χ1v) is 9.04. The fourth-order valence-corrected chi connectivity index (χ4v) is 3.84. The monoisotopic (exact) mass is 363 g/mol. The van der Waals surface area contributed by atoms with Crippen molar-refractivity contribution in [3.63, 3.8) is 0 Å². The molecule has 0 spiro atoms. The zero-order chi connectivity index (χ0) is 19.0. The first-order valence-electron chi connectivity index (χ1n) is 9.04. The number of hydrogen-bond donors (Lipinski definition) is 2. The predicted molar refractivity (Wildman–Crippen MR) is 103 cm³/mol. The van der Waals surface area contributed by atoms with Gasteiger partial charge in [0.2, 0.25) is 0 Å². The van der Waals surface area contributed by atoms with E-state index in [1.807, 2.05) is 30.1 Å². The molecule has 27 heavy (non-hydrogen) atoms. The molecule has 1 saturated heterocycles. The second-order valence-corrected chi connectivity index (χ2v) is 6.80. The molecular weight excluding hydrogens is 342 g/mol. The molecule has 2 aromatic heterocycles. The highest BCUT2D eigenvalue weighted by Crippen LogP contribution is 2.35. The highest BCUT2D eigenvalue weighted by molar-refractivity contribution is 5.90. The van der Waals surface area contributed by atoms with Crippen LogP contribution in [0.5, 0.6) is 0 Å². The number of nitrogens with zero attached hydrogens (tertiary/aromatic N) is 5. The van der Waals surface area contributed by atoms with Crippen LogP contribution >= 0.6 is 0 Å². The Morgan fingerprint density at radius 1 is 1.37 bits per heavy atom. The Bertz CT molecular complexity index is 1090. The number of hydrogen-bond acceptors (Lipinski definition) is 6. The van der Waals surface area contributed by atoms with Gasteiger partial charge in [-0.2, -0.15) is 15.5 Å². The van der Waals surface area contributed by atoms with E-state index in [2.05, 4.69) is 26.3 Å². The van der Waals surface area contributed by atoms with Crippen LogP contribution in [-0.4, -0.2) is 32.6 Å². The molecule has 3 heterocycles. The molecule has 1 aliphatic rings. The lowest BCUT2D eigenvalue weighted by atomic mass is 9.99. The van der Waals surface area contributed by atoms with Crippen LogP contribution in [0.15, 0.2) is 29.2 Å². The van der Waals surface area contributed by atoms with Crippen LogP contribution in [0.1, 0.15) is 25.0 Å². The molecule has 3 N–H and O–H groups in total. The van der Waals surface area contributed by atoms with E-state index in [9.17, 15) is 10.1 Å². The van der Waals surface area contributed by atoms with Gasteiger partial charge in [0.15, 0.2) is 0 Å². The van der Waals surface area contributed by atoms with Crippen LogP contribution in [-0.2, 0) is 13.6 Å². The van der Waals surface area contributed by atoms with Crippen molar-refractivity contribution in [3.05, 3.63) is 40.4 Å². The zero-order valence-corrected chi connectivity index (χ0v) is 15.1. The van der Waals surface area contributed by atoms with Crippen LogP contribution in [0, 0.1) is 11.3 Å². The fraction of sp³-hybridized carbons (Fsp3) is 0.368. The third kappa shape index (κ3) is 2.86. The Morgan fingerprint density at radius 2 is 2.22 bits per heavy atom. The quantitative estimate of drug-likeness (QED) is 0.731. The molecule has 1 unspecified atom stereocenters. The topological polar surface area (TPSA) is 117 Å². The number of aryl methyl sites for hydroxylation is 1. The van der Waals surface area contributed by atoms with Gasteiger partial charge in [-0.1, -0.05) is 6.07 Å². The van der Waals surface area contributed by atoms with Crippen LogP contribution in [0.4, 0.5) is 5.82 Å². The summed E-state index contributed by atoms with van der Waals surface area (Å²) in [5.41, 5.74) is 8.07. The van der Waals surface area contributed by atoms with E-state index in [-0.39, 0.29) is 18.1 Å². The highest BCUT2D eigenvalue weighted by atomic mass is 16.1. The van der Waals surface area contributed by atoms with Crippen molar-refractivity contribution in [2.24, 2.45) is 12.8 Å². The number of fused-ring (bicyclic) bond motifs is 1. The minimum Gasteiger partial charge on any atom is -0.340 e. The van der Waals surface area contributed by atoms with Gasteiger partial charge in [-0.3, -0.25) is 9.48 Å². The van der Waals surface area contributed by atoms with Gasteiger partial charge in [-0.15, -0.1) is 0 Å². The lowest BCUT2D eigenvalue weighted by molar-refractivity contribution is 0.508. The maximum Gasteiger partial charge on any atom is 0.272 e. The van der Waals surface area contributed by atoms with Gasteiger partial charge in [0.1, 0.15) is 11.9 Å². The summed E-state index contributed by atoms with van der Waals surface area (Å²) >= 11 is 0. The maximum atomic E-state index is 12.1. The Labute approximate surface area is 156 Å². The molecule has 0 aliphatic carbocycles. The van der Waals surface area contributed by atoms with Crippen molar-refractivity contribution in [3.8, 4) is 17.2 Å². The number of aromatic amines is 1. The molecule has 8 heteroatoms. The standard InChI is InChI=1S/C19H21N7O/c1-25-19(26-7-3-2-4-13(26)9-20)16(11-22-25)12-5-6-14-15(8-12)17(10-21)23-24-18(14)27/h5-6,8,11,13H,2-4,7,10,21H2,1H3,(H,24,27). The molecule has 4 rings (SSSR count). The summed E-state index contributed by atoms with van der Waals surface area (Å²) in [6, 6.07) is 7.89. The van der Waals surface area contributed by atoms with Crippen LogP contribution in [0.2, 0.25) is 0 Å². The van der Waals surface area contributed by atoms with Gasteiger partial charge in [-0.05, 0) is 37.0 Å². The number of nitriles is 1. The molecule has 0 saturated carbocycles. The molecule has 1 fully saturated rings. The van der Waals surface area contributed by atoms with Gasteiger partial charge in [0.25, 0.3) is 5.56 Å². The summed E-state index contributed by atoms with van der Waals surface area (Å²) in [6.07, 6.45) is 4.78. The third-order valence-corrected chi connectivity index (χ3v) is 5.20. The van der Waals surface area contributed by atoms with Gasteiger partial charge in [0, 0.05) is 31.1 Å². The number of rotatable bonds is 3. The van der Waals surface area contributed by atoms with E-state index in [4.69, 9.17) is 5.73 Å². The van der Waals surface area contributed by atoms with E-state index < -0.39 is 0 Å². The van der Waals surface area contributed by atoms with E-state index >= 15 is 0 Å². The SMILES string of the molecule is Cn1ncc(-c2ccc3c(=O)[nH]nc(CN)c3c2)c1N1CCCCC1C#N. The second-order valence-electron chi connectivity index (χ2n) is 6.80. The molecule has 1 atom stereocenters. The first-order chi connectivity index (χ1) is 13.1. The summed E-state index contributed by atoms with van der Waals surface area (Å²) in [6.45, 7) is 1.06. The summed E-state index contributed by atoms with van der Waals surface area (Å²) < 4.78 is 1.81. The van der Waals surface area contributed by atoms with Crippen molar-refractivity contribution >= 4 is 16.6 Å². The lowest BCUT2D eigenvalue weighted by Gasteiger charge is -2.33. The van der Waals surface area contributed by atoms with Crippen molar-refractivity contribution < 1.29 is 0 Å². The average Bonchev–Trinajstić information content (AvgIpc) is 3.09. The number of nitrogens with one attached hydrogen (secondary N) is 1. The third-order valence-electron chi connectivity index (χ3n) is 5.20. The number of nitrogens with two attached hydrogens (primary N) is 1. The highest BCUT2D eigenvalue weighted by Gasteiger charge is 2.27. The number of benzene rings is 1. The smallest absolute Gasteiger partial charge is 0.272 e. The predicted octanol–water partition coefficient (Wildman–Crippen LogP) is 1.66. The molecule has 1 aliphatic heterocycles. The van der Waals surface area contributed by atoms with Crippen molar-refractivity contribution in [1.29, 1.82) is 5.26 Å². The van der Waals surface area contributed by atoms with Gasteiger partial charge >= 0.3 is 0 Å². The van der Waals surface area contributed by atoms with Gasteiger partial charge in [0.05, 0.1) is 23.3 Å². The van der Waals surface area contributed by atoms with Crippen molar-refractivity contribution in [1.82, 2.24) is 20.0 Å². The number of anilines is 1. The Balaban J connectivity index is 1.88. The molecule has 138 valence electrons. The Hall–Kier alpha value is -3.18. The molecule has 0 amide bonds. The van der Waals surface area contributed by atoms with Crippen molar-refractivity contribution in [2.45, 2.75) is 31.8 Å². The van der Waals surface area contributed by atoms with Crippen LogP contribution in [0.3, 0.4) is 0 Å². The molecular formula is C19H21N7O. The number of aromatic nitrogens is 4. The van der Waals surface area contributed by atoms with E-state index in [0.29, 0.717) is 11.1 Å². The van der Waals surface area contributed by atoms with Gasteiger partial charge in [-0.25, -0.2) is 5.10 Å². The summed E-state index contributed by atoms with van der Waals surface area (Å²) in [4.78, 5) is 14.2. The van der Waals surface area contributed by atoms with Crippen LogP contribution < -0.4 is 16.2 Å². The molecule has 1 aromatic carbocycles. The molecule has 3 aromatic rings.